The molecule has 3 aliphatic heterocycles. The van der Waals surface area contributed by atoms with E-state index in [0.717, 1.165) is 62.5 Å². The van der Waals surface area contributed by atoms with Gasteiger partial charge in [-0.05, 0) is 210 Å². The van der Waals surface area contributed by atoms with Crippen molar-refractivity contribution in [1.29, 1.82) is 15.8 Å². The fourth-order valence-electron chi connectivity index (χ4n) is 12.6. The van der Waals surface area contributed by atoms with Crippen LogP contribution in [-0.4, -0.2) is 267 Å². The monoisotopic (exact) mass is 2090 g/mol. The first-order valence-corrected chi connectivity index (χ1v) is 52.5. The van der Waals surface area contributed by atoms with Gasteiger partial charge in [0.1, 0.15) is 71.8 Å². The van der Waals surface area contributed by atoms with Crippen LogP contribution in [0.4, 0.5) is 36.6 Å². The highest BCUT2D eigenvalue weighted by atomic mass is 31.2. The number of carbonyl (C=O) groups is 4. The van der Waals surface area contributed by atoms with E-state index >= 15 is 0 Å². The lowest BCUT2D eigenvalue weighted by atomic mass is 10.2. The third-order valence-corrected chi connectivity index (χ3v) is 26.2. The number of aliphatic hydroxyl groups excluding tert-OH is 5. The summed E-state index contributed by atoms with van der Waals surface area (Å²) in [6.07, 6.45) is 1.76. The number of nitrogen functional groups attached to an aromatic ring is 1. The number of aromatic nitrogens is 6. The Labute approximate surface area is 846 Å². The number of amides is 4. The lowest BCUT2D eigenvalue weighted by molar-refractivity contribution is -0.0458. The van der Waals surface area contributed by atoms with Crippen molar-refractivity contribution in [3.8, 4) is 18.2 Å². The van der Waals surface area contributed by atoms with Crippen LogP contribution in [0.15, 0.2) is 51.2 Å². The summed E-state index contributed by atoms with van der Waals surface area (Å²) in [7, 11) is -5.62. The molecule has 48 heteroatoms. The fourth-order valence-corrected chi connectivity index (χ4v) is 18.8. The van der Waals surface area contributed by atoms with Crippen molar-refractivity contribution in [3.63, 3.8) is 0 Å². The van der Waals surface area contributed by atoms with Gasteiger partial charge in [0.2, 0.25) is 6.54 Å². The molecule has 0 spiro atoms. The highest BCUT2D eigenvalue weighted by Gasteiger charge is 2.44. The molecule has 7 N–H and O–H groups in total. The van der Waals surface area contributed by atoms with E-state index in [0.29, 0.717) is 91.9 Å². The van der Waals surface area contributed by atoms with Gasteiger partial charge in [-0.3, -0.25) is 13.7 Å². The van der Waals surface area contributed by atoms with E-state index in [1.54, 1.807) is 83.1 Å². The van der Waals surface area contributed by atoms with E-state index in [1.807, 2.05) is 19.9 Å². The number of hydrogen-bond donors (Lipinski definition) is 6. The molecule has 0 saturated carbocycles. The molecule has 3 fully saturated rings. The summed E-state index contributed by atoms with van der Waals surface area (Å²) in [6, 6.07) is 12.8. The summed E-state index contributed by atoms with van der Waals surface area (Å²) >= 11 is 0. The minimum absolute atomic E-state index is 0. The van der Waals surface area contributed by atoms with Gasteiger partial charge in [0, 0.05) is 80.7 Å². The van der Waals surface area contributed by atoms with Gasteiger partial charge in [-0.2, -0.15) is 40.5 Å². The maximum atomic E-state index is 13.5. The molecule has 3 aliphatic rings. The molecule has 0 aliphatic carbocycles. The number of rotatable bonds is 47. The molecule has 812 valence electrons. The average molecular weight is 2090 g/mol. The van der Waals surface area contributed by atoms with E-state index in [4.69, 9.17) is 112 Å². The van der Waals surface area contributed by atoms with Crippen LogP contribution in [0.25, 0.3) is 4.85 Å². The maximum Gasteiger partial charge on any atom is 0.425 e. The van der Waals surface area contributed by atoms with Crippen LogP contribution in [0.1, 0.15) is 310 Å². The van der Waals surface area contributed by atoms with Crippen molar-refractivity contribution in [3.05, 3.63) is 79.7 Å². The van der Waals surface area contributed by atoms with Gasteiger partial charge >= 0.3 is 58.6 Å². The minimum Gasteiger partial charge on any atom is -0.443 e. The van der Waals surface area contributed by atoms with Gasteiger partial charge in [-0.25, -0.2) is 54.1 Å². The van der Waals surface area contributed by atoms with Crippen molar-refractivity contribution in [2.45, 2.75) is 405 Å². The number of anilines is 3. The van der Waals surface area contributed by atoms with Crippen molar-refractivity contribution in [2.75, 3.05) is 94.8 Å². The SMILES string of the molecule is C.CC(C)(C)OC(=O)N(C(=O)OC(C)(C)C)c1ccn([C@H]2C[C@H](O)[C@@H](CO)O2)c(=O)n1.CC(C)N(C(C)C)P(OCCC#N)N(C(C)C)C(C)C.CCCCO.CCCCOP(OCCC#N)N(C(C)C)C(C)C.Nc1ccn([C@H]2C[C@H](O)[C@@H](CO)O2)c(=O)n1.[C-]#[N+]CCOP(OCCCC)OC[C@H]1O[C@@H](n2ccc(N(C(=O)OC(C)(C)C)C(=O)OC(C)(C)C)nc2=O)C[C@@H]1OP(OCCC#N)OCCCC. The Morgan fingerprint density at radius 1 is 0.472 bits per heavy atom. The standard InChI is InChI=1S/C33H53N5O12P2.C19H29N3O8.C15H32N3OP.C13H27N2O2P.C9H13N3O4.C4H10O.CH4/c1-10-12-19-42-51(45-22-17-35-9)46-24-26-25(50-52(43-20-13-11-2)44-21-14-16-34)23-28(47-26)37-18-15-27(36-29(37)39)38(30(40)48-32(3,4)5)31(41)49-33(6,7)8;1-18(2,3)29-16(26)22(17(27)30-19(4,5)6)13-7-8-21(15(25)20-13)14-9-11(24)12(10-23)28-14;1-12(2)17(13(3)4)20(19-11-9-10-16)18(14(5)6)15(7)8;1-6-7-10-16-18(17-11-8-9-14)15(12(2)3)13(4)5;10-7-1-2-12(9(15)11-7)8-3-5(14)6(4-13)16-8;1-2-3-4-5;/h15,18,25-26,28H,10-14,17,19-24H2,1-8H3;7-8,11-12,14,23-24H,9-10H2,1-6H3;12-15H,9,11H2,1-8H3;12-13H,6-8,10-11H2,1-5H3;1-2,5-6,8,13-14H,3-4H2,(H2,10,11,15);5H,2-4H2,1H3;1H4/t25-,26+,28+,51?,52?;11-,12+,14+;;;5-,6+,8+;;/m00..0../s1. The summed E-state index contributed by atoms with van der Waals surface area (Å²) in [4.78, 5) is 105. The number of nitriles is 3. The summed E-state index contributed by atoms with van der Waals surface area (Å²) in [6.45, 7) is 63.5. The largest absolute Gasteiger partial charge is 0.443 e. The Balaban J connectivity index is 0.00000186. The van der Waals surface area contributed by atoms with Crippen LogP contribution in [0, 0.1) is 40.6 Å². The number of hydrogen-bond acceptors (Lipinski definition) is 38. The van der Waals surface area contributed by atoms with Gasteiger partial charge in [0.15, 0.2) is 20.1 Å². The van der Waals surface area contributed by atoms with Gasteiger partial charge in [-0.15, -0.1) is 0 Å². The Bertz CT molecular complexity index is 4310. The predicted molar refractivity (Wildman–Crippen MR) is 544 cm³/mol. The van der Waals surface area contributed by atoms with Crippen LogP contribution >= 0.6 is 34.2 Å². The molecule has 3 unspecified atom stereocenters. The van der Waals surface area contributed by atoms with Crippen molar-refractivity contribution >= 4 is 76.0 Å². The molecule has 3 aromatic heterocycles. The minimum atomic E-state index is -1.91. The highest BCUT2D eigenvalue weighted by Crippen LogP contribution is 2.52. The second kappa shape index (κ2) is 70.6. The molecule has 3 aromatic rings. The first-order valence-electron chi connectivity index (χ1n) is 48.0. The highest BCUT2D eigenvalue weighted by molar-refractivity contribution is 7.47. The average Bonchev–Trinajstić information content (AvgIpc) is 1.53. The predicted octanol–water partition coefficient (Wildman–Crippen LogP) is 17.5. The van der Waals surface area contributed by atoms with E-state index in [-0.39, 0.29) is 83.5 Å². The van der Waals surface area contributed by atoms with E-state index < -0.39 is 160 Å². The van der Waals surface area contributed by atoms with Crippen LogP contribution in [0.3, 0.4) is 0 Å². The molecule has 12 atom stereocenters. The Morgan fingerprint density at radius 2 is 0.796 bits per heavy atom. The molecule has 0 aromatic carbocycles. The number of imide groups is 2. The summed E-state index contributed by atoms with van der Waals surface area (Å²) in [5.74, 6) is -0.448. The molecule has 44 nitrogen and oxygen atoms in total. The van der Waals surface area contributed by atoms with Crippen LogP contribution in [-0.2, 0) is 73.9 Å². The van der Waals surface area contributed by atoms with Gasteiger partial charge in [0.05, 0.1) is 115 Å². The van der Waals surface area contributed by atoms with Crippen molar-refractivity contribution in [2.24, 2.45) is 0 Å². The lowest BCUT2D eigenvalue weighted by Gasteiger charge is -2.45. The number of nitrogens with zero attached hydrogens (tertiary/aromatic N) is 15. The number of unbranched alkanes of at least 4 members (excludes halogenated alkanes) is 4. The van der Waals surface area contributed by atoms with E-state index in [2.05, 4.69) is 143 Å². The van der Waals surface area contributed by atoms with E-state index in [9.17, 15) is 48.9 Å². The summed E-state index contributed by atoms with van der Waals surface area (Å²) in [5, 5.41) is 71.9. The Hall–Kier alpha value is -7.20. The number of nitrogens with two attached hydrogens (primary N) is 1. The molecule has 4 amide bonds. The summed E-state index contributed by atoms with van der Waals surface area (Å²) < 4.78 is 102. The van der Waals surface area contributed by atoms with Crippen LogP contribution in [0.2, 0.25) is 0 Å². The van der Waals surface area contributed by atoms with Gasteiger partial charge in [-0.1, -0.05) is 60.8 Å². The number of aliphatic hydroxyl groups is 5. The maximum absolute atomic E-state index is 13.5. The normalized spacial score (nSPS) is 18.5. The number of carbonyl (C=O) groups excluding carboxylic acids is 4. The third-order valence-electron chi connectivity index (χ3n) is 18.7. The van der Waals surface area contributed by atoms with Crippen molar-refractivity contribution in [1.82, 2.24) is 42.7 Å². The van der Waals surface area contributed by atoms with Crippen molar-refractivity contribution < 1.29 is 119 Å². The molecular formula is C94H168N16O28P4. The zero-order valence-electron chi connectivity index (χ0n) is 88.2. The zero-order valence-corrected chi connectivity index (χ0v) is 91.8. The second-order valence-electron chi connectivity index (χ2n) is 37.8. The molecular weight excluding hydrogens is 1930 g/mol. The van der Waals surface area contributed by atoms with Crippen LogP contribution < -0.4 is 32.6 Å². The third kappa shape index (κ3) is 52.4. The Morgan fingerprint density at radius 3 is 1.12 bits per heavy atom. The molecule has 142 heavy (non-hydrogen) atoms. The topological polar surface area (TPSA) is 540 Å². The lowest BCUT2D eigenvalue weighted by Crippen LogP contribution is -2.45. The fraction of sp³-hybridized carbons (Fsp3) is 0.787. The first kappa shape index (κ1) is 135. The first-order chi connectivity index (χ1) is 66.1. The quantitative estimate of drug-likeness (QED) is 0.0132. The number of ether oxygens (including phenoxy) is 7. The van der Waals surface area contributed by atoms with Gasteiger partial charge < -0.3 is 110 Å². The molecule has 0 radical (unpaired) electrons. The second-order valence-corrected chi connectivity index (χ2v) is 43.4. The smallest absolute Gasteiger partial charge is 0.425 e. The van der Waals surface area contributed by atoms with Gasteiger partial charge in [0.25, 0.3) is 8.53 Å². The molecule has 6 heterocycles. The van der Waals surface area contributed by atoms with Crippen LogP contribution in [0.5, 0.6) is 0 Å². The summed E-state index contributed by atoms with van der Waals surface area (Å²) in [5.41, 5.74) is -0.561. The Kier molecular flexibility index (Phi) is 67.0. The zero-order chi connectivity index (χ0) is 107. The molecule has 0 bridgehead atoms. The van der Waals surface area contributed by atoms with E-state index in [1.165, 1.54) is 45.9 Å². The molecule has 6 rings (SSSR count). The molecule has 3 saturated heterocycles.